The van der Waals surface area contributed by atoms with Gasteiger partial charge in [0.05, 0.1) is 12.8 Å². The predicted octanol–water partition coefficient (Wildman–Crippen LogP) is 0.254. The Morgan fingerprint density at radius 2 is 2.20 bits per heavy atom. The maximum atomic E-state index is 11.3. The summed E-state index contributed by atoms with van der Waals surface area (Å²) in [6.45, 7) is 3.66. The largest absolute Gasteiger partial charge is 0.468 e. The summed E-state index contributed by atoms with van der Waals surface area (Å²) in [6.07, 6.45) is 4.74. The molecule has 0 aliphatic heterocycles. The molecule has 0 saturated carbocycles. The summed E-state index contributed by atoms with van der Waals surface area (Å²) < 4.78 is 4.61. The van der Waals surface area contributed by atoms with Crippen molar-refractivity contribution < 1.29 is 9.53 Å². The summed E-state index contributed by atoms with van der Waals surface area (Å²) >= 11 is 0. The summed E-state index contributed by atoms with van der Waals surface area (Å²) in [4.78, 5) is 19.4. The number of hydrogen-bond donors (Lipinski definition) is 1. The zero-order valence-corrected chi connectivity index (χ0v) is 9.10. The Labute approximate surface area is 88.7 Å². The van der Waals surface area contributed by atoms with E-state index in [1.165, 1.54) is 7.11 Å². The Balaban J connectivity index is 2.97. The minimum atomic E-state index is -0.751. The number of aromatic nitrogens is 2. The lowest BCUT2D eigenvalue weighted by molar-refractivity contribution is -0.143. The molecule has 0 amide bonds. The topological polar surface area (TPSA) is 78.1 Å². The highest BCUT2D eigenvalue weighted by Crippen LogP contribution is 2.23. The van der Waals surface area contributed by atoms with Crippen LogP contribution in [-0.2, 0) is 14.9 Å². The molecule has 5 nitrogen and oxygen atoms in total. The highest BCUT2D eigenvalue weighted by atomic mass is 16.5. The molecule has 0 radical (unpaired) electrons. The van der Waals surface area contributed by atoms with Crippen LogP contribution in [0.25, 0.3) is 0 Å². The number of carbonyl (C=O) groups is 1. The van der Waals surface area contributed by atoms with Crippen molar-refractivity contribution in [1.29, 1.82) is 0 Å². The number of nitrogens with two attached hydrogens (primary N) is 1. The first-order valence-electron chi connectivity index (χ1n) is 4.60. The van der Waals surface area contributed by atoms with Crippen molar-refractivity contribution >= 4 is 5.97 Å². The van der Waals surface area contributed by atoms with Gasteiger partial charge in [0.1, 0.15) is 6.04 Å². The molecule has 82 valence electrons. The number of nitrogens with zero attached hydrogens (tertiary/aromatic N) is 2. The van der Waals surface area contributed by atoms with Crippen molar-refractivity contribution in [2.24, 2.45) is 5.73 Å². The molecule has 1 atom stereocenters. The van der Waals surface area contributed by atoms with Crippen molar-refractivity contribution in [3.63, 3.8) is 0 Å². The average Bonchev–Trinajstić information content (AvgIpc) is 2.28. The van der Waals surface area contributed by atoms with Gasteiger partial charge in [-0.3, -0.25) is 14.8 Å². The van der Waals surface area contributed by atoms with Crippen LogP contribution in [0, 0.1) is 0 Å². The van der Waals surface area contributed by atoms with E-state index in [0.29, 0.717) is 5.69 Å². The van der Waals surface area contributed by atoms with Crippen LogP contribution >= 0.6 is 0 Å². The first-order valence-corrected chi connectivity index (χ1v) is 4.60. The lowest BCUT2D eigenvalue weighted by Crippen LogP contribution is -2.47. The lowest BCUT2D eigenvalue weighted by Gasteiger charge is -2.28. The molecule has 5 heteroatoms. The molecule has 0 aliphatic rings. The molecule has 1 aromatic heterocycles. The van der Waals surface area contributed by atoms with Crippen LogP contribution in [0.2, 0.25) is 0 Å². The Morgan fingerprint density at radius 1 is 1.53 bits per heavy atom. The number of hydrogen-bond acceptors (Lipinski definition) is 5. The fourth-order valence-corrected chi connectivity index (χ4v) is 1.21. The quantitative estimate of drug-likeness (QED) is 0.722. The van der Waals surface area contributed by atoms with Crippen molar-refractivity contribution in [3.8, 4) is 0 Å². The zero-order valence-electron chi connectivity index (χ0n) is 9.10. The second-order valence-corrected chi connectivity index (χ2v) is 3.81. The molecular formula is C10H15N3O2. The Morgan fingerprint density at radius 3 is 2.67 bits per heavy atom. The first kappa shape index (κ1) is 11.6. The third-order valence-corrected chi connectivity index (χ3v) is 2.46. The van der Waals surface area contributed by atoms with Gasteiger partial charge < -0.3 is 10.5 Å². The minimum Gasteiger partial charge on any atom is -0.468 e. The summed E-state index contributed by atoms with van der Waals surface area (Å²) in [7, 11) is 1.31. The van der Waals surface area contributed by atoms with Crippen LogP contribution in [0.5, 0.6) is 0 Å². The number of ether oxygens (including phenoxy) is 1. The Hall–Kier alpha value is -1.49. The van der Waals surface area contributed by atoms with Gasteiger partial charge in [-0.05, 0) is 0 Å². The van der Waals surface area contributed by atoms with Gasteiger partial charge in [0.15, 0.2) is 0 Å². The highest BCUT2D eigenvalue weighted by molar-refractivity contribution is 5.77. The van der Waals surface area contributed by atoms with Gasteiger partial charge in [0.2, 0.25) is 0 Å². The van der Waals surface area contributed by atoms with E-state index in [9.17, 15) is 4.79 Å². The van der Waals surface area contributed by atoms with E-state index in [1.807, 2.05) is 13.8 Å². The monoisotopic (exact) mass is 209 g/mol. The molecule has 15 heavy (non-hydrogen) atoms. The highest BCUT2D eigenvalue weighted by Gasteiger charge is 2.35. The third kappa shape index (κ3) is 2.30. The van der Waals surface area contributed by atoms with Gasteiger partial charge in [0, 0.05) is 24.0 Å². The van der Waals surface area contributed by atoms with Crippen LogP contribution in [-0.4, -0.2) is 29.1 Å². The van der Waals surface area contributed by atoms with Gasteiger partial charge in [0.25, 0.3) is 0 Å². The zero-order chi connectivity index (χ0) is 11.5. The van der Waals surface area contributed by atoms with E-state index in [-0.39, 0.29) is 0 Å². The van der Waals surface area contributed by atoms with E-state index >= 15 is 0 Å². The Kier molecular flexibility index (Phi) is 3.36. The minimum absolute atomic E-state index is 0.453. The fourth-order valence-electron chi connectivity index (χ4n) is 1.21. The van der Waals surface area contributed by atoms with Crippen molar-refractivity contribution in [2.75, 3.05) is 7.11 Å². The van der Waals surface area contributed by atoms with Crippen molar-refractivity contribution in [2.45, 2.75) is 25.3 Å². The van der Waals surface area contributed by atoms with Crippen LogP contribution in [0.3, 0.4) is 0 Å². The fraction of sp³-hybridized carbons (Fsp3) is 0.500. The second-order valence-electron chi connectivity index (χ2n) is 3.81. The molecule has 0 fully saturated rings. The average molecular weight is 209 g/mol. The number of esters is 1. The normalized spacial score (nSPS) is 13.3. The molecular weight excluding hydrogens is 194 g/mol. The maximum absolute atomic E-state index is 11.3. The van der Waals surface area contributed by atoms with Gasteiger partial charge in [-0.25, -0.2) is 0 Å². The molecule has 1 heterocycles. The Bertz CT molecular complexity index is 338. The molecule has 0 aliphatic carbocycles. The molecule has 0 aromatic carbocycles. The smallest absolute Gasteiger partial charge is 0.323 e. The van der Waals surface area contributed by atoms with Gasteiger partial charge in [-0.1, -0.05) is 13.8 Å². The van der Waals surface area contributed by atoms with E-state index in [4.69, 9.17) is 5.73 Å². The van der Waals surface area contributed by atoms with Crippen molar-refractivity contribution in [1.82, 2.24) is 9.97 Å². The van der Waals surface area contributed by atoms with Crippen LogP contribution in [0.1, 0.15) is 19.5 Å². The maximum Gasteiger partial charge on any atom is 0.323 e. The van der Waals surface area contributed by atoms with Crippen LogP contribution in [0.15, 0.2) is 18.6 Å². The standard InChI is InChI=1S/C10H15N3O2/c1-10(2,8(11)9(14)15-3)7-6-12-4-5-13-7/h4-6,8H,11H2,1-3H3. The van der Waals surface area contributed by atoms with E-state index in [1.54, 1.807) is 18.6 Å². The third-order valence-electron chi connectivity index (χ3n) is 2.46. The first-order chi connectivity index (χ1) is 7.00. The van der Waals surface area contributed by atoms with E-state index < -0.39 is 17.4 Å². The van der Waals surface area contributed by atoms with E-state index in [0.717, 1.165) is 0 Å². The molecule has 1 aromatic rings. The molecule has 0 saturated heterocycles. The summed E-state index contributed by atoms with van der Waals surface area (Å²) in [5.74, 6) is -0.453. The summed E-state index contributed by atoms with van der Waals surface area (Å²) in [6, 6.07) is -0.751. The lowest BCUT2D eigenvalue weighted by atomic mass is 9.82. The number of rotatable bonds is 3. The number of carbonyl (C=O) groups excluding carboxylic acids is 1. The van der Waals surface area contributed by atoms with Gasteiger partial charge in [-0.2, -0.15) is 0 Å². The van der Waals surface area contributed by atoms with Crippen LogP contribution in [0.4, 0.5) is 0 Å². The number of methoxy groups -OCH3 is 1. The van der Waals surface area contributed by atoms with Gasteiger partial charge in [-0.15, -0.1) is 0 Å². The second kappa shape index (κ2) is 4.35. The molecule has 1 rings (SSSR count). The molecule has 0 bridgehead atoms. The van der Waals surface area contributed by atoms with Crippen molar-refractivity contribution in [3.05, 3.63) is 24.3 Å². The predicted molar refractivity (Wildman–Crippen MR) is 55.0 cm³/mol. The SMILES string of the molecule is COC(=O)C(N)C(C)(C)c1cnccn1. The molecule has 0 spiro atoms. The summed E-state index contributed by atoms with van der Waals surface area (Å²) in [5.41, 5.74) is 5.87. The summed E-state index contributed by atoms with van der Waals surface area (Å²) in [5, 5.41) is 0. The van der Waals surface area contributed by atoms with Crippen LogP contribution < -0.4 is 5.73 Å². The molecule has 1 unspecified atom stereocenters. The van der Waals surface area contributed by atoms with E-state index in [2.05, 4.69) is 14.7 Å². The van der Waals surface area contributed by atoms with Gasteiger partial charge >= 0.3 is 5.97 Å². The molecule has 2 N–H and O–H groups in total.